The number of morpholine rings is 1. The van der Waals surface area contributed by atoms with E-state index in [1.165, 1.54) is 6.07 Å². The van der Waals surface area contributed by atoms with Crippen LogP contribution >= 0.6 is 24.0 Å². The summed E-state index contributed by atoms with van der Waals surface area (Å²) in [6.07, 6.45) is 2.71. The Hall–Kier alpha value is -1.94. The van der Waals surface area contributed by atoms with Gasteiger partial charge in [-0.1, -0.05) is 24.3 Å². The summed E-state index contributed by atoms with van der Waals surface area (Å²) in [5, 5.41) is 6.49. The van der Waals surface area contributed by atoms with Gasteiger partial charge in [0, 0.05) is 32.4 Å². The molecule has 1 fully saturated rings. The molecule has 0 aliphatic carbocycles. The normalized spacial score (nSPS) is 16.7. The standard InChI is InChI=1S/C22H30FN5O.HI/c1-3-24-22(25-11-10-19-6-4-5-7-20(19)23)27-15-18-8-9-21(26-14-18)28-12-13-29-17(2)16-28;/h4-9,14,17H,3,10-13,15-16H2,1-2H3,(H2,24,25,27);1H. The average molecular weight is 527 g/mol. The second-order valence-electron chi connectivity index (χ2n) is 7.12. The minimum Gasteiger partial charge on any atom is -0.375 e. The van der Waals surface area contributed by atoms with E-state index in [-0.39, 0.29) is 35.9 Å². The van der Waals surface area contributed by atoms with Crippen molar-refractivity contribution in [2.45, 2.75) is 32.9 Å². The first-order valence-electron chi connectivity index (χ1n) is 10.2. The minimum absolute atomic E-state index is 0. The smallest absolute Gasteiger partial charge is 0.191 e. The number of pyridine rings is 1. The number of halogens is 2. The Bertz CT molecular complexity index is 802. The predicted molar refractivity (Wildman–Crippen MR) is 130 cm³/mol. The monoisotopic (exact) mass is 527 g/mol. The van der Waals surface area contributed by atoms with Crippen LogP contribution in [0.15, 0.2) is 47.6 Å². The fourth-order valence-corrected chi connectivity index (χ4v) is 3.25. The van der Waals surface area contributed by atoms with Crippen molar-refractivity contribution >= 4 is 35.8 Å². The molecule has 0 spiro atoms. The van der Waals surface area contributed by atoms with Crippen molar-refractivity contribution in [3.8, 4) is 0 Å². The van der Waals surface area contributed by atoms with Crippen molar-refractivity contribution in [3.63, 3.8) is 0 Å². The molecule has 2 N–H and O–H groups in total. The van der Waals surface area contributed by atoms with Crippen LogP contribution in [0.5, 0.6) is 0 Å². The lowest BCUT2D eigenvalue weighted by Crippen LogP contribution is -2.41. The van der Waals surface area contributed by atoms with Gasteiger partial charge in [0.25, 0.3) is 0 Å². The van der Waals surface area contributed by atoms with Gasteiger partial charge in [-0.2, -0.15) is 0 Å². The third-order valence-corrected chi connectivity index (χ3v) is 4.78. The van der Waals surface area contributed by atoms with E-state index < -0.39 is 0 Å². The van der Waals surface area contributed by atoms with Crippen LogP contribution < -0.4 is 15.5 Å². The van der Waals surface area contributed by atoms with E-state index in [0.717, 1.165) is 43.6 Å². The third kappa shape index (κ3) is 7.39. The Balaban J connectivity index is 0.00000320. The second kappa shape index (κ2) is 12.7. The van der Waals surface area contributed by atoms with E-state index in [9.17, 15) is 4.39 Å². The molecule has 0 bridgehead atoms. The van der Waals surface area contributed by atoms with Crippen LogP contribution in [0.1, 0.15) is 25.0 Å². The highest BCUT2D eigenvalue weighted by molar-refractivity contribution is 14.0. The summed E-state index contributed by atoms with van der Waals surface area (Å²) in [4.78, 5) is 11.5. The summed E-state index contributed by atoms with van der Waals surface area (Å²) < 4.78 is 19.3. The van der Waals surface area contributed by atoms with E-state index in [2.05, 4.69) is 38.5 Å². The van der Waals surface area contributed by atoms with Crippen LogP contribution in [-0.2, 0) is 17.7 Å². The Morgan fingerprint density at radius 2 is 2.10 bits per heavy atom. The molecule has 2 heterocycles. The van der Waals surface area contributed by atoms with Crippen LogP contribution in [-0.4, -0.2) is 49.8 Å². The van der Waals surface area contributed by atoms with Gasteiger partial charge in [-0.25, -0.2) is 14.4 Å². The lowest BCUT2D eigenvalue weighted by atomic mass is 10.1. The van der Waals surface area contributed by atoms with Gasteiger partial charge < -0.3 is 20.3 Å². The molecule has 6 nitrogen and oxygen atoms in total. The lowest BCUT2D eigenvalue weighted by molar-refractivity contribution is 0.0529. The quantitative estimate of drug-likeness (QED) is 0.329. The molecule has 1 aliphatic heterocycles. The first-order chi connectivity index (χ1) is 14.2. The van der Waals surface area contributed by atoms with Crippen molar-refractivity contribution in [2.75, 3.05) is 37.7 Å². The van der Waals surface area contributed by atoms with Gasteiger partial charge in [-0.3, -0.25) is 0 Å². The summed E-state index contributed by atoms with van der Waals surface area (Å²) in [6, 6.07) is 11.0. The van der Waals surface area contributed by atoms with E-state index in [4.69, 9.17) is 4.74 Å². The zero-order valence-corrected chi connectivity index (χ0v) is 19.9. The molecular weight excluding hydrogens is 496 g/mol. The number of aliphatic imine (C=N–C) groups is 1. The zero-order chi connectivity index (χ0) is 20.5. The average Bonchev–Trinajstić information content (AvgIpc) is 2.74. The molecule has 1 aliphatic rings. The zero-order valence-electron chi connectivity index (χ0n) is 17.6. The Kier molecular flexibility index (Phi) is 10.3. The molecule has 1 saturated heterocycles. The molecule has 1 aromatic heterocycles. The van der Waals surface area contributed by atoms with Crippen LogP contribution in [0.4, 0.5) is 10.2 Å². The number of nitrogens with zero attached hydrogens (tertiary/aromatic N) is 3. The van der Waals surface area contributed by atoms with Crippen molar-refractivity contribution < 1.29 is 9.13 Å². The molecule has 8 heteroatoms. The molecule has 30 heavy (non-hydrogen) atoms. The number of guanidine groups is 1. The third-order valence-electron chi connectivity index (χ3n) is 4.78. The molecule has 1 aromatic carbocycles. The SMILES string of the molecule is CCNC(=NCc1ccc(N2CCOC(C)C2)nc1)NCCc1ccccc1F.I. The topological polar surface area (TPSA) is 61.8 Å². The molecule has 0 radical (unpaired) electrons. The molecule has 0 saturated carbocycles. The number of nitrogens with one attached hydrogen (secondary N) is 2. The van der Waals surface area contributed by atoms with Crippen molar-refractivity contribution in [2.24, 2.45) is 4.99 Å². The fourth-order valence-electron chi connectivity index (χ4n) is 3.25. The van der Waals surface area contributed by atoms with Crippen LogP contribution in [0.3, 0.4) is 0 Å². The number of aromatic nitrogens is 1. The number of hydrogen-bond donors (Lipinski definition) is 2. The molecule has 3 rings (SSSR count). The number of anilines is 1. The molecule has 0 amide bonds. The second-order valence-corrected chi connectivity index (χ2v) is 7.12. The Labute approximate surface area is 195 Å². The summed E-state index contributed by atoms with van der Waals surface area (Å²) in [5.74, 6) is 1.52. The van der Waals surface area contributed by atoms with Crippen LogP contribution in [0, 0.1) is 5.82 Å². The Morgan fingerprint density at radius 1 is 1.27 bits per heavy atom. The van der Waals surface area contributed by atoms with Crippen molar-refractivity contribution in [1.82, 2.24) is 15.6 Å². The number of rotatable bonds is 7. The van der Waals surface area contributed by atoms with Gasteiger partial charge in [-0.15, -0.1) is 24.0 Å². The highest BCUT2D eigenvalue weighted by Gasteiger charge is 2.17. The van der Waals surface area contributed by atoms with Crippen LogP contribution in [0.2, 0.25) is 0 Å². The first-order valence-corrected chi connectivity index (χ1v) is 10.2. The van der Waals surface area contributed by atoms with Gasteiger partial charge in [0.05, 0.1) is 19.3 Å². The lowest BCUT2D eigenvalue weighted by Gasteiger charge is -2.32. The molecular formula is C22H31FIN5O. The number of benzene rings is 1. The summed E-state index contributed by atoms with van der Waals surface area (Å²) in [5.41, 5.74) is 1.74. The van der Waals surface area contributed by atoms with E-state index >= 15 is 0 Å². The summed E-state index contributed by atoms with van der Waals surface area (Å²) in [7, 11) is 0. The predicted octanol–water partition coefficient (Wildman–Crippen LogP) is 3.36. The number of ether oxygens (including phenoxy) is 1. The molecule has 2 aromatic rings. The molecule has 1 atom stereocenters. The molecule has 164 valence electrons. The molecule has 1 unspecified atom stereocenters. The maximum Gasteiger partial charge on any atom is 0.191 e. The highest BCUT2D eigenvalue weighted by atomic mass is 127. The largest absolute Gasteiger partial charge is 0.375 e. The first kappa shape index (κ1) is 24.3. The van der Waals surface area contributed by atoms with E-state index in [1.54, 1.807) is 6.07 Å². The van der Waals surface area contributed by atoms with Crippen LogP contribution in [0.25, 0.3) is 0 Å². The van der Waals surface area contributed by atoms with Gasteiger partial charge in [0.15, 0.2) is 5.96 Å². The van der Waals surface area contributed by atoms with Gasteiger partial charge in [0.1, 0.15) is 11.6 Å². The maximum absolute atomic E-state index is 13.7. The minimum atomic E-state index is -0.169. The van der Waals surface area contributed by atoms with Gasteiger partial charge in [0.2, 0.25) is 0 Å². The van der Waals surface area contributed by atoms with E-state index in [1.807, 2.05) is 31.3 Å². The van der Waals surface area contributed by atoms with Crippen molar-refractivity contribution in [3.05, 3.63) is 59.5 Å². The fraction of sp³-hybridized carbons (Fsp3) is 0.455. The maximum atomic E-state index is 13.7. The van der Waals surface area contributed by atoms with Gasteiger partial charge in [-0.05, 0) is 43.5 Å². The number of hydrogen-bond acceptors (Lipinski definition) is 4. The van der Waals surface area contributed by atoms with E-state index in [0.29, 0.717) is 25.1 Å². The summed E-state index contributed by atoms with van der Waals surface area (Å²) >= 11 is 0. The van der Waals surface area contributed by atoms with Gasteiger partial charge >= 0.3 is 0 Å². The van der Waals surface area contributed by atoms with Crippen molar-refractivity contribution in [1.29, 1.82) is 0 Å². The Morgan fingerprint density at radius 3 is 2.80 bits per heavy atom. The summed E-state index contributed by atoms with van der Waals surface area (Å²) in [6.45, 7) is 8.47. The highest BCUT2D eigenvalue weighted by Crippen LogP contribution is 2.15.